The average Bonchev–Trinajstić information content (AvgIpc) is 2.85. The lowest BCUT2D eigenvalue weighted by Crippen LogP contribution is -2.54. The summed E-state index contributed by atoms with van der Waals surface area (Å²) in [6, 6.07) is 25.7. The van der Waals surface area contributed by atoms with Gasteiger partial charge in [0.25, 0.3) is 0 Å². The molecule has 37 heavy (non-hydrogen) atoms. The van der Waals surface area contributed by atoms with Crippen molar-refractivity contribution in [3.05, 3.63) is 106 Å². The molecule has 0 fully saturated rings. The minimum atomic E-state index is -0.624. The highest BCUT2D eigenvalue weighted by Gasteiger charge is 2.32. The molecule has 0 saturated carbocycles. The quantitative estimate of drug-likeness (QED) is 0.287. The molecule has 0 bridgehead atoms. The maximum atomic E-state index is 13.8. The Morgan fingerprint density at radius 1 is 0.838 bits per heavy atom. The van der Waals surface area contributed by atoms with Gasteiger partial charge in [0.15, 0.2) is 0 Å². The summed E-state index contributed by atoms with van der Waals surface area (Å²) in [6.07, 6.45) is 1.42. The number of nitrogens with zero attached hydrogens (tertiary/aromatic N) is 1. The molecule has 0 spiro atoms. The standard InChI is InChI=1S/C32H39BrN2O2/c1-23(2)27-16-11-24(12-17-27)15-20-30(36)35(22-26-13-18-28(33)19-14-26)29(31(37)34-32(3,4)5)21-25-9-7-6-8-10-25/h6-14,16-19,23,29H,15,20-22H2,1-5H3,(H,34,37)/t29-/m0/s1. The first kappa shape index (κ1) is 28.6. The van der Waals surface area contributed by atoms with E-state index in [1.165, 1.54) is 5.56 Å². The summed E-state index contributed by atoms with van der Waals surface area (Å²) in [4.78, 5) is 29.2. The third kappa shape index (κ3) is 9.15. The highest BCUT2D eigenvalue weighted by Crippen LogP contribution is 2.20. The number of hydrogen-bond donors (Lipinski definition) is 1. The summed E-state index contributed by atoms with van der Waals surface area (Å²) in [5.74, 6) is 0.307. The predicted octanol–water partition coefficient (Wildman–Crippen LogP) is 7.06. The van der Waals surface area contributed by atoms with Crippen LogP contribution in [0, 0.1) is 0 Å². The van der Waals surface area contributed by atoms with Crippen molar-refractivity contribution in [3.8, 4) is 0 Å². The van der Waals surface area contributed by atoms with Gasteiger partial charge < -0.3 is 10.2 Å². The van der Waals surface area contributed by atoms with Crippen LogP contribution in [0.15, 0.2) is 83.3 Å². The van der Waals surface area contributed by atoms with Gasteiger partial charge in [-0.1, -0.05) is 96.5 Å². The molecule has 0 unspecified atom stereocenters. The zero-order valence-corrected chi connectivity index (χ0v) is 24.2. The Morgan fingerprint density at radius 2 is 1.43 bits per heavy atom. The van der Waals surface area contributed by atoms with Crippen molar-refractivity contribution in [3.63, 3.8) is 0 Å². The number of hydrogen-bond acceptors (Lipinski definition) is 2. The van der Waals surface area contributed by atoms with E-state index in [2.05, 4.69) is 59.4 Å². The van der Waals surface area contributed by atoms with Gasteiger partial charge >= 0.3 is 0 Å². The van der Waals surface area contributed by atoms with Crippen LogP contribution >= 0.6 is 15.9 Å². The number of benzene rings is 3. The largest absolute Gasteiger partial charge is 0.350 e. The van der Waals surface area contributed by atoms with Gasteiger partial charge in [-0.25, -0.2) is 0 Å². The van der Waals surface area contributed by atoms with E-state index in [1.54, 1.807) is 4.90 Å². The number of amides is 2. The fourth-order valence-corrected chi connectivity index (χ4v) is 4.52. The van der Waals surface area contributed by atoms with Crippen LogP contribution in [0.25, 0.3) is 0 Å². The summed E-state index contributed by atoms with van der Waals surface area (Å²) in [6.45, 7) is 10.6. The lowest BCUT2D eigenvalue weighted by molar-refractivity contribution is -0.141. The normalized spacial score (nSPS) is 12.3. The lowest BCUT2D eigenvalue weighted by atomic mass is 9.98. The van der Waals surface area contributed by atoms with Crippen molar-refractivity contribution in [2.45, 2.75) is 77.9 Å². The van der Waals surface area contributed by atoms with Crippen molar-refractivity contribution in [2.24, 2.45) is 0 Å². The van der Waals surface area contributed by atoms with Crippen molar-refractivity contribution >= 4 is 27.7 Å². The number of halogens is 1. The molecule has 0 aliphatic heterocycles. The molecule has 3 aromatic carbocycles. The second-order valence-corrected chi connectivity index (χ2v) is 11.9. The summed E-state index contributed by atoms with van der Waals surface area (Å²) >= 11 is 3.49. The van der Waals surface area contributed by atoms with Gasteiger partial charge in [-0.15, -0.1) is 0 Å². The van der Waals surface area contributed by atoms with Crippen LogP contribution < -0.4 is 5.32 Å². The maximum Gasteiger partial charge on any atom is 0.243 e. The minimum absolute atomic E-state index is 0.0270. The fraction of sp³-hybridized carbons (Fsp3) is 0.375. The zero-order chi connectivity index (χ0) is 27.0. The molecule has 0 aliphatic rings. The molecule has 3 aromatic rings. The highest BCUT2D eigenvalue weighted by atomic mass is 79.9. The molecule has 0 heterocycles. The van der Waals surface area contributed by atoms with E-state index in [0.717, 1.165) is 21.2 Å². The smallest absolute Gasteiger partial charge is 0.243 e. The Bertz CT molecular complexity index is 1150. The Labute approximate surface area is 230 Å². The summed E-state index contributed by atoms with van der Waals surface area (Å²) in [5.41, 5.74) is 4.01. The van der Waals surface area contributed by atoms with Gasteiger partial charge in [0, 0.05) is 29.4 Å². The Kier molecular flexibility index (Phi) is 10.1. The molecular weight excluding hydrogens is 524 g/mol. The molecule has 4 nitrogen and oxygen atoms in total. The van der Waals surface area contributed by atoms with E-state index in [4.69, 9.17) is 0 Å². The topological polar surface area (TPSA) is 49.4 Å². The molecule has 1 atom stereocenters. The van der Waals surface area contributed by atoms with Gasteiger partial charge in [0.1, 0.15) is 6.04 Å². The third-order valence-electron chi connectivity index (χ3n) is 6.31. The fourth-order valence-electron chi connectivity index (χ4n) is 4.26. The molecule has 0 aromatic heterocycles. The minimum Gasteiger partial charge on any atom is -0.350 e. The SMILES string of the molecule is CC(C)c1ccc(CCC(=O)N(Cc2ccc(Br)cc2)[C@@H](Cc2ccccc2)C(=O)NC(C)(C)C)cc1. The van der Waals surface area contributed by atoms with Crippen LogP contribution in [0.4, 0.5) is 0 Å². The van der Waals surface area contributed by atoms with Crippen molar-refractivity contribution < 1.29 is 9.59 Å². The van der Waals surface area contributed by atoms with Crippen molar-refractivity contribution in [2.75, 3.05) is 0 Å². The van der Waals surface area contributed by atoms with E-state index < -0.39 is 11.6 Å². The molecule has 1 N–H and O–H groups in total. The number of carbonyl (C=O) groups excluding carboxylic acids is 2. The first-order chi connectivity index (χ1) is 17.5. The monoisotopic (exact) mass is 562 g/mol. The van der Waals surface area contributed by atoms with Crippen LogP contribution in [0.1, 0.15) is 69.2 Å². The van der Waals surface area contributed by atoms with Gasteiger partial charge in [-0.3, -0.25) is 9.59 Å². The molecular formula is C32H39BrN2O2. The van der Waals surface area contributed by atoms with Crippen LogP contribution in [0.5, 0.6) is 0 Å². The van der Waals surface area contributed by atoms with Crippen LogP contribution in [-0.4, -0.2) is 28.3 Å². The van der Waals surface area contributed by atoms with E-state index in [1.807, 2.05) is 75.4 Å². The molecule has 0 radical (unpaired) electrons. The summed E-state index contributed by atoms with van der Waals surface area (Å²) < 4.78 is 0.977. The molecule has 2 amide bonds. The van der Waals surface area contributed by atoms with Crippen LogP contribution in [-0.2, 0) is 29.0 Å². The highest BCUT2D eigenvalue weighted by molar-refractivity contribution is 9.10. The van der Waals surface area contributed by atoms with Crippen molar-refractivity contribution in [1.82, 2.24) is 10.2 Å². The molecule has 196 valence electrons. The molecule has 3 rings (SSSR count). The molecule has 5 heteroatoms. The van der Waals surface area contributed by atoms with E-state index in [-0.39, 0.29) is 11.8 Å². The average molecular weight is 564 g/mol. The number of carbonyl (C=O) groups is 2. The first-order valence-corrected chi connectivity index (χ1v) is 13.8. The van der Waals surface area contributed by atoms with E-state index in [9.17, 15) is 9.59 Å². The Hall–Kier alpha value is -2.92. The van der Waals surface area contributed by atoms with E-state index in [0.29, 0.717) is 31.7 Å². The third-order valence-corrected chi connectivity index (χ3v) is 6.84. The van der Waals surface area contributed by atoms with Crippen LogP contribution in [0.3, 0.4) is 0 Å². The zero-order valence-electron chi connectivity index (χ0n) is 22.6. The number of aryl methyl sites for hydroxylation is 1. The summed E-state index contributed by atoms with van der Waals surface area (Å²) in [5, 5.41) is 3.12. The number of nitrogens with one attached hydrogen (secondary N) is 1. The second-order valence-electron chi connectivity index (χ2n) is 11.0. The summed E-state index contributed by atoms with van der Waals surface area (Å²) in [7, 11) is 0. The van der Waals surface area contributed by atoms with Crippen LogP contribution in [0.2, 0.25) is 0 Å². The van der Waals surface area contributed by atoms with Gasteiger partial charge in [-0.2, -0.15) is 0 Å². The second kappa shape index (κ2) is 13.0. The van der Waals surface area contributed by atoms with Gasteiger partial charge in [0.05, 0.1) is 0 Å². The van der Waals surface area contributed by atoms with E-state index >= 15 is 0 Å². The number of rotatable bonds is 10. The predicted molar refractivity (Wildman–Crippen MR) is 155 cm³/mol. The van der Waals surface area contributed by atoms with Gasteiger partial charge in [-0.05, 0) is 67.5 Å². The molecule has 0 saturated heterocycles. The van der Waals surface area contributed by atoms with Gasteiger partial charge in [0.2, 0.25) is 11.8 Å². The van der Waals surface area contributed by atoms with Crippen molar-refractivity contribution in [1.29, 1.82) is 0 Å². The maximum absolute atomic E-state index is 13.8. The lowest BCUT2D eigenvalue weighted by Gasteiger charge is -2.34. The first-order valence-electron chi connectivity index (χ1n) is 13.0. The Morgan fingerprint density at radius 3 is 2.00 bits per heavy atom. The Balaban J connectivity index is 1.89. The molecule has 0 aliphatic carbocycles.